The monoisotopic (exact) mass is 471 g/mol. The lowest BCUT2D eigenvalue weighted by Gasteiger charge is -2.34. The first-order valence-electron chi connectivity index (χ1n) is 11.3. The van der Waals surface area contributed by atoms with Crippen molar-refractivity contribution in [1.82, 2.24) is 5.32 Å². The second kappa shape index (κ2) is 9.82. The summed E-state index contributed by atoms with van der Waals surface area (Å²) in [6.45, 7) is 3.50. The van der Waals surface area contributed by atoms with Crippen molar-refractivity contribution in [2.45, 2.75) is 37.1 Å². The largest absolute Gasteiger partial charge is 0.482 e. The Kier molecular flexibility index (Phi) is 6.88. The molecular formula is C24H29N3O5S. The van der Waals surface area contributed by atoms with Crippen LogP contribution in [0.2, 0.25) is 0 Å². The third-order valence-corrected chi connectivity index (χ3v) is 7.92. The number of ether oxygens (including phenoxy) is 1. The van der Waals surface area contributed by atoms with Gasteiger partial charge in [0.05, 0.1) is 16.3 Å². The minimum absolute atomic E-state index is 0.0115. The molecule has 176 valence electrons. The highest BCUT2D eigenvalue weighted by Gasteiger charge is 2.26. The van der Waals surface area contributed by atoms with Crippen LogP contribution in [0.4, 0.5) is 11.4 Å². The highest BCUT2D eigenvalue weighted by atomic mass is 32.2. The molecule has 1 fully saturated rings. The van der Waals surface area contributed by atoms with Crippen molar-refractivity contribution in [3.8, 4) is 5.75 Å². The Morgan fingerprint density at radius 2 is 1.79 bits per heavy atom. The topological polar surface area (TPSA) is 96.0 Å². The average molecular weight is 472 g/mol. The molecule has 0 aromatic heterocycles. The first kappa shape index (κ1) is 23.1. The Morgan fingerprint density at radius 3 is 2.48 bits per heavy atom. The van der Waals surface area contributed by atoms with Crippen LogP contribution in [0, 0.1) is 0 Å². The van der Waals surface area contributed by atoms with Crippen molar-refractivity contribution < 1.29 is 22.7 Å². The average Bonchev–Trinajstić information content (AvgIpc) is 2.84. The summed E-state index contributed by atoms with van der Waals surface area (Å²) in [6.07, 6.45) is 1.84. The Morgan fingerprint density at radius 1 is 1.09 bits per heavy atom. The summed E-state index contributed by atoms with van der Waals surface area (Å²) in [5, 5.41) is 3.09. The third kappa shape index (κ3) is 5.30. The van der Waals surface area contributed by atoms with Crippen molar-refractivity contribution in [2.75, 3.05) is 41.8 Å². The van der Waals surface area contributed by atoms with Gasteiger partial charge in [0.2, 0.25) is 5.91 Å². The number of para-hydroxylation sites is 2. The van der Waals surface area contributed by atoms with Crippen LogP contribution in [0.15, 0.2) is 53.4 Å². The first-order valence-corrected chi connectivity index (χ1v) is 12.9. The van der Waals surface area contributed by atoms with E-state index in [4.69, 9.17) is 4.74 Å². The Bertz CT molecular complexity index is 1110. The van der Waals surface area contributed by atoms with E-state index in [9.17, 15) is 18.0 Å². The number of amides is 2. The molecule has 2 heterocycles. The lowest BCUT2D eigenvalue weighted by Crippen LogP contribution is -2.46. The van der Waals surface area contributed by atoms with Crippen LogP contribution in [-0.2, 0) is 19.4 Å². The molecular weight excluding hydrogens is 442 g/mol. The maximum atomic E-state index is 12.5. The van der Waals surface area contributed by atoms with Gasteiger partial charge in [-0.05, 0) is 49.2 Å². The fraction of sp³-hybridized carbons (Fsp3) is 0.417. The molecule has 1 N–H and O–H groups in total. The van der Waals surface area contributed by atoms with Gasteiger partial charge in [-0.1, -0.05) is 19.1 Å². The highest BCUT2D eigenvalue weighted by molar-refractivity contribution is 7.91. The Balaban J connectivity index is 1.26. The molecule has 2 amide bonds. The van der Waals surface area contributed by atoms with Gasteiger partial charge in [0.25, 0.3) is 5.91 Å². The summed E-state index contributed by atoms with van der Waals surface area (Å²) in [5.41, 5.74) is 1.69. The van der Waals surface area contributed by atoms with E-state index in [1.807, 2.05) is 36.4 Å². The predicted molar refractivity (Wildman–Crippen MR) is 126 cm³/mol. The smallest absolute Gasteiger partial charge is 0.265 e. The number of benzene rings is 2. The van der Waals surface area contributed by atoms with E-state index in [2.05, 4.69) is 10.2 Å². The number of anilines is 2. The second-order valence-corrected chi connectivity index (χ2v) is 10.6. The molecule has 2 aliphatic rings. The van der Waals surface area contributed by atoms with Gasteiger partial charge >= 0.3 is 0 Å². The molecule has 0 saturated carbocycles. The van der Waals surface area contributed by atoms with Crippen LogP contribution < -0.4 is 19.9 Å². The molecule has 2 aromatic carbocycles. The molecule has 0 aliphatic carbocycles. The van der Waals surface area contributed by atoms with E-state index >= 15 is 0 Å². The van der Waals surface area contributed by atoms with Crippen molar-refractivity contribution in [2.24, 2.45) is 0 Å². The van der Waals surface area contributed by atoms with E-state index in [1.54, 1.807) is 24.0 Å². The summed E-state index contributed by atoms with van der Waals surface area (Å²) in [4.78, 5) is 28.9. The second-order valence-electron chi connectivity index (χ2n) is 8.28. The van der Waals surface area contributed by atoms with Crippen LogP contribution >= 0.6 is 0 Å². The van der Waals surface area contributed by atoms with Gasteiger partial charge in [-0.15, -0.1) is 0 Å². The van der Waals surface area contributed by atoms with Gasteiger partial charge in [-0.2, -0.15) is 0 Å². The van der Waals surface area contributed by atoms with Crippen molar-refractivity contribution in [1.29, 1.82) is 0 Å². The van der Waals surface area contributed by atoms with Crippen LogP contribution in [0.25, 0.3) is 0 Å². The molecule has 1 saturated heterocycles. The fourth-order valence-electron chi connectivity index (χ4n) is 4.23. The number of sulfone groups is 1. The molecule has 0 unspecified atom stereocenters. The summed E-state index contributed by atoms with van der Waals surface area (Å²) >= 11 is 0. The normalized spacial score (nSPS) is 16.8. The minimum Gasteiger partial charge on any atom is -0.482 e. The molecule has 2 aliphatic heterocycles. The van der Waals surface area contributed by atoms with Crippen LogP contribution in [0.1, 0.15) is 26.2 Å². The van der Waals surface area contributed by atoms with Gasteiger partial charge in [-0.3, -0.25) is 9.59 Å². The lowest BCUT2D eigenvalue weighted by molar-refractivity contribution is -0.122. The van der Waals surface area contributed by atoms with Crippen molar-refractivity contribution >= 4 is 33.0 Å². The van der Waals surface area contributed by atoms with Crippen LogP contribution in [0.5, 0.6) is 5.75 Å². The molecule has 0 atom stereocenters. The number of hydrogen-bond acceptors (Lipinski definition) is 6. The first-order chi connectivity index (χ1) is 15.9. The molecule has 0 radical (unpaired) electrons. The molecule has 2 aromatic rings. The Hall–Kier alpha value is -3.07. The molecule has 0 spiro atoms. The fourth-order valence-corrected chi connectivity index (χ4v) is 5.11. The minimum atomic E-state index is -3.20. The van der Waals surface area contributed by atoms with Gasteiger partial charge in [-0.25, -0.2) is 8.42 Å². The molecule has 9 heteroatoms. The SMILES string of the molecule is CCS(=O)(=O)c1ccc(N2CCC(NC(=O)CCN3C(=O)COc4ccccc43)CC2)cc1. The van der Waals surface area contributed by atoms with E-state index < -0.39 is 9.84 Å². The summed E-state index contributed by atoms with van der Waals surface area (Å²) in [5.74, 6) is 0.529. The van der Waals surface area contributed by atoms with Crippen LogP contribution in [-0.4, -0.2) is 58.3 Å². The number of carbonyl (C=O) groups is 2. The third-order valence-electron chi connectivity index (χ3n) is 6.17. The van der Waals surface area contributed by atoms with E-state index in [0.29, 0.717) is 22.9 Å². The standard InChI is InChI=1S/C24H29N3O5S/c1-2-33(30,31)20-9-7-19(8-10-20)26-14-11-18(12-15-26)25-23(28)13-16-27-21-5-3-4-6-22(21)32-17-24(27)29/h3-10,18H,2,11-17H2,1H3,(H,25,28). The van der Waals surface area contributed by atoms with Gasteiger partial charge in [0, 0.05) is 37.8 Å². The lowest BCUT2D eigenvalue weighted by atomic mass is 10.0. The van der Waals surface area contributed by atoms with Crippen molar-refractivity contribution in [3.05, 3.63) is 48.5 Å². The number of rotatable bonds is 7. The quantitative estimate of drug-likeness (QED) is 0.666. The highest BCUT2D eigenvalue weighted by Crippen LogP contribution is 2.31. The summed E-state index contributed by atoms with van der Waals surface area (Å²) < 4.78 is 29.4. The number of nitrogens with one attached hydrogen (secondary N) is 1. The molecule has 8 nitrogen and oxygen atoms in total. The number of piperidine rings is 1. The number of fused-ring (bicyclic) bond motifs is 1. The molecule has 4 rings (SSSR count). The predicted octanol–water partition coefficient (Wildman–Crippen LogP) is 2.38. The zero-order valence-corrected chi connectivity index (χ0v) is 19.5. The van der Waals surface area contributed by atoms with E-state index in [0.717, 1.165) is 31.6 Å². The van der Waals surface area contributed by atoms with E-state index in [1.165, 1.54) is 0 Å². The number of carbonyl (C=O) groups excluding carboxylic acids is 2. The maximum absolute atomic E-state index is 12.5. The number of nitrogens with zero attached hydrogens (tertiary/aromatic N) is 2. The summed E-state index contributed by atoms with van der Waals surface area (Å²) in [6, 6.07) is 14.4. The Labute approximate surface area is 194 Å². The maximum Gasteiger partial charge on any atom is 0.265 e. The summed E-state index contributed by atoms with van der Waals surface area (Å²) in [7, 11) is -3.20. The van der Waals surface area contributed by atoms with Gasteiger partial charge in [0.1, 0.15) is 5.75 Å². The van der Waals surface area contributed by atoms with Crippen LogP contribution in [0.3, 0.4) is 0 Å². The molecule has 33 heavy (non-hydrogen) atoms. The van der Waals surface area contributed by atoms with Gasteiger partial charge in [0.15, 0.2) is 16.4 Å². The van der Waals surface area contributed by atoms with E-state index in [-0.39, 0.29) is 36.6 Å². The van der Waals surface area contributed by atoms with Gasteiger partial charge < -0.3 is 19.9 Å². The molecule has 0 bridgehead atoms. The number of hydrogen-bond donors (Lipinski definition) is 1. The zero-order valence-electron chi connectivity index (χ0n) is 18.7. The van der Waals surface area contributed by atoms with Crippen molar-refractivity contribution in [3.63, 3.8) is 0 Å². The zero-order chi connectivity index (χ0) is 23.4.